The van der Waals surface area contributed by atoms with E-state index in [-0.39, 0.29) is 5.69 Å². The van der Waals surface area contributed by atoms with Crippen molar-refractivity contribution in [1.29, 1.82) is 0 Å². The third-order valence-electron chi connectivity index (χ3n) is 5.69. The minimum Gasteiger partial charge on any atom is -0.476 e. The van der Waals surface area contributed by atoms with Crippen LogP contribution in [0, 0.1) is 0 Å². The number of nitrogens with zero attached hydrogens (tertiary/aromatic N) is 4. The van der Waals surface area contributed by atoms with Gasteiger partial charge in [0.2, 0.25) is 11.6 Å². The van der Waals surface area contributed by atoms with Crippen LogP contribution in [0.2, 0.25) is 0 Å². The standard InChI is InChI=1S/C25H32N4O4/c1-5-7-16-29-21(27-24(28-29)25(32-3,33-4)14-6-2)17-18-10-12-19(13-11-18)20-9-8-15-26-22(20)23(30)31/h8-13,15H,5-7,14,16-17H2,1-4H3,(H,30,31). The zero-order chi connectivity index (χ0) is 23.8. The molecule has 3 aromatic rings. The molecule has 8 heteroatoms. The van der Waals surface area contributed by atoms with E-state index >= 15 is 0 Å². The molecule has 0 saturated carbocycles. The van der Waals surface area contributed by atoms with Crippen LogP contribution in [0.15, 0.2) is 42.6 Å². The SMILES string of the molecule is CCCCn1nc(C(CCC)(OC)OC)nc1Cc1ccc(-c2cccnc2C(=O)O)cc1. The summed E-state index contributed by atoms with van der Waals surface area (Å²) < 4.78 is 13.4. The van der Waals surface area contributed by atoms with Gasteiger partial charge in [-0.25, -0.2) is 19.4 Å². The molecule has 0 aliphatic rings. The number of ether oxygens (including phenoxy) is 2. The van der Waals surface area contributed by atoms with Crippen molar-refractivity contribution in [2.75, 3.05) is 14.2 Å². The van der Waals surface area contributed by atoms with Gasteiger partial charge in [-0.3, -0.25) is 0 Å². The van der Waals surface area contributed by atoms with E-state index in [4.69, 9.17) is 19.6 Å². The summed E-state index contributed by atoms with van der Waals surface area (Å²) in [7, 11) is 3.24. The summed E-state index contributed by atoms with van der Waals surface area (Å²) in [6.45, 7) is 4.98. The number of benzene rings is 1. The Hall–Kier alpha value is -3.10. The van der Waals surface area contributed by atoms with Crippen molar-refractivity contribution in [2.45, 2.75) is 58.3 Å². The number of aromatic carboxylic acids is 1. The van der Waals surface area contributed by atoms with Crippen LogP contribution < -0.4 is 0 Å². The number of rotatable bonds is 12. The topological polar surface area (TPSA) is 99.4 Å². The van der Waals surface area contributed by atoms with Crippen molar-refractivity contribution in [3.8, 4) is 11.1 Å². The molecule has 0 aliphatic heterocycles. The number of methoxy groups -OCH3 is 2. The summed E-state index contributed by atoms with van der Waals surface area (Å²) in [6.07, 6.45) is 5.65. The first kappa shape index (κ1) is 24.5. The van der Waals surface area contributed by atoms with Crippen LogP contribution in [-0.4, -0.2) is 45.0 Å². The quantitative estimate of drug-likeness (QED) is 0.399. The van der Waals surface area contributed by atoms with E-state index in [1.165, 1.54) is 6.20 Å². The normalized spacial score (nSPS) is 11.6. The molecule has 0 unspecified atom stereocenters. The van der Waals surface area contributed by atoms with Crippen LogP contribution in [0.1, 0.15) is 67.2 Å². The van der Waals surface area contributed by atoms with Gasteiger partial charge in [0, 0.05) is 45.4 Å². The molecule has 0 saturated heterocycles. The molecule has 0 spiro atoms. The average molecular weight is 453 g/mol. The lowest BCUT2D eigenvalue weighted by Crippen LogP contribution is -2.32. The molecule has 0 amide bonds. The first-order chi connectivity index (χ1) is 16.0. The van der Waals surface area contributed by atoms with E-state index in [0.29, 0.717) is 24.2 Å². The second-order valence-electron chi connectivity index (χ2n) is 7.92. The average Bonchev–Trinajstić information content (AvgIpc) is 3.24. The summed E-state index contributed by atoms with van der Waals surface area (Å²) in [6, 6.07) is 11.3. The fraction of sp³-hybridized carbons (Fsp3) is 0.440. The third-order valence-corrected chi connectivity index (χ3v) is 5.69. The second-order valence-corrected chi connectivity index (χ2v) is 7.92. The monoisotopic (exact) mass is 452 g/mol. The predicted molar refractivity (Wildman–Crippen MR) is 125 cm³/mol. The summed E-state index contributed by atoms with van der Waals surface area (Å²) >= 11 is 0. The Morgan fingerprint density at radius 2 is 1.82 bits per heavy atom. The van der Waals surface area contributed by atoms with Crippen molar-refractivity contribution in [1.82, 2.24) is 19.7 Å². The number of aromatic nitrogens is 4. The smallest absolute Gasteiger partial charge is 0.355 e. The minimum atomic E-state index is -1.04. The predicted octanol–water partition coefficient (Wildman–Crippen LogP) is 4.67. The van der Waals surface area contributed by atoms with Crippen molar-refractivity contribution in [3.63, 3.8) is 0 Å². The third kappa shape index (κ3) is 5.46. The maximum Gasteiger partial charge on any atom is 0.355 e. The maximum atomic E-state index is 11.5. The summed E-state index contributed by atoms with van der Waals surface area (Å²) in [5, 5.41) is 14.2. The van der Waals surface area contributed by atoms with E-state index in [0.717, 1.165) is 42.8 Å². The van der Waals surface area contributed by atoms with Gasteiger partial charge in [0.25, 0.3) is 0 Å². The van der Waals surface area contributed by atoms with Crippen LogP contribution in [0.4, 0.5) is 0 Å². The van der Waals surface area contributed by atoms with Gasteiger partial charge in [-0.05, 0) is 23.6 Å². The Morgan fingerprint density at radius 3 is 2.42 bits per heavy atom. The number of carbonyl (C=O) groups is 1. The Kier molecular flexibility index (Phi) is 8.30. The number of pyridine rings is 1. The number of carboxylic acids is 1. The number of carboxylic acid groups (broad SMARTS) is 1. The Balaban J connectivity index is 1.91. The van der Waals surface area contributed by atoms with Gasteiger partial charge in [0.1, 0.15) is 5.82 Å². The lowest BCUT2D eigenvalue weighted by molar-refractivity contribution is -0.225. The van der Waals surface area contributed by atoms with Crippen molar-refractivity contribution < 1.29 is 19.4 Å². The van der Waals surface area contributed by atoms with Crippen molar-refractivity contribution in [2.24, 2.45) is 0 Å². The molecule has 1 N–H and O–H groups in total. The number of hydrogen-bond donors (Lipinski definition) is 1. The Labute approximate surface area is 194 Å². The first-order valence-electron chi connectivity index (χ1n) is 11.3. The van der Waals surface area contributed by atoms with Gasteiger partial charge < -0.3 is 14.6 Å². The minimum absolute atomic E-state index is 0.0422. The Morgan fingerprint density at radius 1 is 1.09 bits per heavy atom. The molecule has 1 aromatic carbocycles. The van der Waals surface area contributed by atoms with Crippen LogP contribution in [0.25, 0.3) is 11.1 Å². The first-order valence-corrected chi connectivity index (χ1v) is 11.3. The Bertz CT molecular complexity index is 1060. The van der Waals surface area contributed by atoms with Gasteiger partial charge >= 0.3 is 5.97 Å². The molecule has 2 aromatic heterocycles. The highest BCUT2D eigenvalue weighted by molar-refractivity contribution is 5.93. The molecule has 2 heterocycles. The van der Waals surface area contributed by atoms with Crippen LogP contribution in [-0.2, 0) is 28.2 Å². The molecule has 33 heavy (non-hydrogen) atoms. The van der Waals surface area contributed by atoms with Crippen molar-refractivity contribution >= 4 is 5.97 Å². The van der Waals surface area contributed by atoms with E-state index < -0.39 is 11.8 Å². The molecule has 0 fully saturated rings. The fourth-order valence-corrected chi connectivity index (χ4v) is 3.86. The maximum absolute atomic E-state index is 11.5. The zero-order valence-corrected chi connectivity index (χ0v) is 19.7. The lowest BCUT2D eigenvalue weighted by atomic mass is 10.0. The molecule has 3 rings (SSSR count). The highest BCUT2D eigenvalue weighted by Crippen LogP contribution is 2.30. The van der Waals surface area contributed by atoms with Gasteiger partial charge in [-0.2, -0.15) is 5.10 Å². The van der Waals surface area contributed by atoms with Gasteiger partial charge in [-0.15, -0.1) is 0 Å². The van der Waals surface area contributed by atoms with E-state index in [1.54, 1.807) is 26.4 Å². The largest absolute Gasteiger partial charge is 0.476 e. The van der Waals surface area contributed by atoms with Gasteiger partial charge in [0.15, 0.2) is 5.69 Å². The number of unbranched alkanes of at least 4 members (excludes halogenated alkanes) is 1. The molecule has 8 nitrogen and oxygen atoms in total. The number of aryl methyl sites for hydroxylation is 1. The van der Waals surface area contributed by atoms with E-state index in [1.807, 2.05) is 28.9 Å². The second kappa shape index (κ2) is 11.2. The molecule has 0 atom stereocenters. The molecular formula is C25H32N4O4. The number of hydrogen-bond acceptors (Lipinski definition) is 6. The van der Waals surface area contributed by atoms with Crippen molar-refractivity contribution in [3.05, 3.63) is 65.5 Å². The highest BCUT2D eigenvalue weighted by atomic mass is 16.7. The molecule has 0 radical (unpaired) electrons. The summed E-state index contributed by atoms with van der Waals surface area (Å²) in [5.41, 5.74) is 2.49. The molecule has 176 valence electrons. The van der Waals surface area contributed by atoms with Crippen LogP contribution >= 0.6 is 0 Å². The highest BCUT2D eigenvalue weighted by Gasteiger charge is 2.36. The summed E-state index contributed by atoms with van der Waals surface area (Å²) in [5.74, 6) is -0.622. The van der Waals surface area contributed by atoms with Crippen LogP contribution in [0.5, 0.6) is 0 Å². The molecular weight excluding hydrogens is 420 g/mol. The van der Waals surface area contributed by atoms with Gasteiger partial charge in [-0.1, -0.05) is 57.0 Å². The van der Waals surface area contributed by atoms with E-state index in [9.17, 15) is 9.90 Å². The summed E-state index contributed by atoms with van der Waals surface area (Å²) in [4.78, 5) is 20.3. The molecule has 0 bridgehead atoms. The molecule has 0 aliphatic carbocycles. The van der Waals surface area contributed by atoms with Gasteiger partial charge in [0.05, 0.1) is 0 Å². The van der Waals surface area contributed by atoms with Crippen LogP contribution in [0.3, 0.4) is 0 Å². The fourth-order valence-electron chi connectivity index (χ4n) is 3.86. The zero-order valence-electron chi connectivity index (χ0n) is 19.7. The lowest BCUT2D eigenvalue weighted by Gasteiger charge is -2.27. The van der Waals surface area contributed by atoms with E-state index in [2.05, 4.69) is 18.8 Å².